The van der Waals surface area contributed by atoms with Gasteiger partial charge in [-0.05, 0) is 31.9 Å². The normalized spacial score (nSPS) is 17.6. The highest BCUT2D eigenvalue weighted by molar-refractivity contribution is 5.94. The number of hydrogen-bond acceptors (Lipinski definition) is 4. The van der Waals surface area contributed by atoms with Crippen molar-refractivity contribution in [3.63, 3.8) is 0 Å². The largest absolute Gasteiger partial charge is 0.444 e. The average molecular weight is 336 g/mol. The zero-order valence-electron chi connectivity index (χ0n) is 14.1. The van der Waals surface area contributed by atoms with E-state index in [1.54, 1.807) is 6.20 Å². The van der Waals surface area contributed by atoms with Gasteiger partial charge in [-0.3, -0.25) is 4.79 Å². The van der Waals surface area contributed by atoms with Gasteiger partial charge in [0.15, 0.2) is 12.2 Å². The van der Waals surface area contributed by atoms with Crippen molar-refractivity contribution >= 4 is 5.91 Å². The summed E-state index contributed by atoms with van der Waals surface area (Å²) >= 11 is 0. The van der Waals surface area contributed by atoms with Crippen molar-refractivity contribution in [3.8, 4) is 11.3 Å². The molecule has 6 heteroatoms. The molecule has 0 bridgehead atoms. The number of rotatable bonds is 3. The van der Waals surface area contributed by atoms with Crippen LogP contribution in [0.1, 0.15) is 35.1 Å². The highest BCUT2D eigenvalue weighted by Crippen LogP contribution is 2.25. The molecule has 1 saturated heterocycles. The smallest absolute Gasteiger partial charge is 0.253 e. The topological polar surface area (TPSA) is 64.2 Å². The molecule has 3 heterocycles. The number of piperidine rings is 1. The fraction of sp³-hybridized carbons (Fsp3) is 0.316. The summed E-state index contributed by atoms with van der Waals surface area (Å²) in [7, 11) is 0. The molecule has 1 amide bonds. The molecule has 1 aliphatic rings. The molecule has 128 valence electrons. The third-order valence-electron chi connectivity index (χ3n) is 4.79. The standard InChI is InChI=1S/C19H20N4O2/c1-14-21-8-10-23(14)17-3-2-9-22(12-17)19(24)16-6-4-15(5-7-16)18-11-20-13-25-18/h4-8,10-11,13,17H,2-3,9,12H2,1H3. The Morgan fingerprint density at radius 3 is 2.80 bits per heavy atom. The van der Waals surface area contributed by atoms with Gasteiger partial charge in [-0.15, -0.1) is 0 Å². The molecule has 0 N–H and O–H groups in total. The summed E-state index contributed by atoms with van der Waals surface area (Å²) in [6.07, 6.45) is 8.97. The number of carbonyl (C=O) groups is 1. The number of nitrogens with zero attached hydrogens (tertiary/aromatic N) is 4. The van der Waals surface area contributed by atoms with Gasteiger partial charge in [0, 0.05) is 36.6 Å². The molecule has 0 aliphatic carbocycles. The van der Waals surface area contributed by atoms with Gasteiger partial charge in [0.25, 0.3) is 5.91 Å². The van der Waals surface area contributed by atoms with Gasteiger partial charge in [0.05, 0.1) is 12.2 Å². The van der Waals surface area contributed by atoms with Gasteiger partial charge < -0.3 is 13.9 Å². The summed E-state index contributed by atoms with van der Waals surface area (Å²) < 4.78 is 7.46. The van der Waals surface area contributed by atoms with Crippen LogP contribution in [0, 0.1) is 6.92 Å². The predicted octanol–water partition coefficient (Wildman–Crippen LogP) is 3.32. The van der Waals surface area contributed by atoms with Crippen molar-refractivity contribution < 1.29 is 9.21 Å². The van der Waals surface area contributed by atoms with Crippen LogP contribution in [0.3, 0.4) is 0 Å². The lowest BCUT2D eigenvalue weighted by molar-refractivity contribution is 0.0678. The number of carbonyl (C=O) groups excluding carboxylic acids is 1. The molecule has 1 unspecified atom stereocenters. The van der Waals surface area contributed by atoms with E-state index in [-0.39, 0.29) is 5.91 Å². The minimum atomic E-state index is 0.0755. The first-order valence-electron chi connectivity index (χ1n) is 8.50. The Morgan fingerprint density at radius 1 is 1.28 bits per heavy atom. The van der Waals surface area contributed by atoms with E-state index in [2.05, 4.69) is 14.5 Å². The van der Waals surface area contributed by atoms with Crippen molar-refractivity contribution in [3.05, 3.63) is 60.6 Å². The number of oxazole rings is 1. The minimum absolute atomic E-state index is 0.0755. The molecule has 0 spiro atoms. The van der Waals surface area contributed by atoms with Crippen molar-refractivity contribution in [2.75, 3.05) is 13.1 Å². The molecule has 1 atom stereocenters. The van der Waals surface area contributed by atoms with E-state index < -0.39 is 0 Å². The van der Waals surface area contributed by atoms with E-state index in [9.17, 15) is 4.79 Å². The molecule has 1 fully saturated rings. The first-order valence-corrected chi connectivity index (χ1v) is 8.50. The number of imidazole rings is 1. The van der Waals surface area contributed by atoms with Crippen LogP contribution in [0.2, 0.25) is 0 Å². The Labute approximate surface area is 146 Å². The summed E-state index contributed by atoms with van der Waals surface area (Å²) in [6.45, 7) is 3.52. The number of aromatic nitrogens is 3. The first-order chi connectivity index (χ1) is 12.2. The second kappa shape index (κ2) is 6.55. The molecule has 0 radical (unpaired) electrons. The Balaban J connectivity index is 1.49. The van der Waals surface area contributed by atoms with Crippen molar-refractivity contribution in [2.24, 2.45) is 0 Å². The second-order valence-electron chi connectivity index (χ2n) is 6.37. The summed E-state index contributed by atoms with van der Waals surface area (Å²) in [5.41, 5.74) is 1.62. The Morgan fingerprint density at radius 2 is 2.12 bits per heavy atom. The predicted molar refractivity (Wildman–Crippen MR) is 93.1 cm³/mol. The highest BCUT2D eigenvalue weighted by Gasteiger charge is 2.26. The van der Waals surface area contributed by atoms with Gasteiger partial charge >= 0.3 is 0 Å². The fourth-order valence-corrected chi connectivity index (χ4v) is 3.46. The van der Waals surface area contributed by atoms with Gasteiger partial charge in [0.1, 0.15) is 5.82 Å². The Bertz CT molecular complexity index is 852. The maximum Gasteiger partial charge on any atom is 0.253 e. The van der Waals surface area contributed by atoms with E-state index in [0.717, 1.165) is 37.3 Å². The molecule has 1 aliphatic heterocycles. The molecule has 1 aromatic carbocycles. The molecule has 25 heavy (non-hydrogen) atoms. The SMILES string of the molecule is Cc1nccn1C1CCCN(C(=O)c2ccc(-c3cnco3)cc2)C1. The van der Waals surface area contributed by atoms with Crippen LogP contribution >= 0.6 is 0 Å². The zero-order chi connectivity index (χ0) is 17.2. The minimum Gasteiger partial charge on any atom is -0.444 e. The van der Waals surface area contributed by atoms with Crippen LogP contribution in [-0.4, -0.2) is 38.4 Å². The molecule has 0 saturated carbocycles. The summed E-state index contributed by atoms with van der Waals surface area (Å²) in [5.74, 6) is 1.77. The molecule has 2 aromatic heterocycles. The fourth-order valence-electron chi connectivity index (χ4n) is 3.46. The Hall–Kier alpha value is -2.89. The highest BCUT2D eigenvalue weighted by atomic mass is 16.3. The lowest BCUT2D eigenvalue weighted by Gasteiger charge is -2.34. The molecular weight excluding hydrogens is 316 g/mol. The maximum atomic E-state index is 12.9. The molecular formula is C19H20N4O2. The van der Waals surface area contributed by atoms with Crippen molar-refractivity contribution in [1.82, 2.24) is 19.4 Å². The maximum absolute atomic E-state index is 12.9. The van der Waals surface area contributed by atoms with Crippen molar-refractivity contribution in [2.45, 2.75) is 25.8 Å². The van der Waals surface area contributed by atoms with Gasteiger partial charge in [-0.25, -0.2) is 9.97 Å². The summed E-state index contributed by atoms with van der Waals surface area (Å²) in [5, 5.41) is 0. The third kappa shape index (κ3) is 3.07. The van der Waals surface area contributed by atoms with Crippen LogP contribution in [0.4, 0.5) is 0 Å². The molecule has 3 aromatic rings. The first kappa shape index (κ1) is 15.6. The zero-order valence-corrected chi connectivity index (χ0v) is 14.1. The quantitative estimate of drug-likeness (QED) is 0.736. The number of benzene rings is 1. The number of aryl methyl sites for hydroxylation is 1. The van der Waals surface area contributed by atoms with Crippen LogP contribution in [0.15, 0.2) is 53.7 Å². The van der Waals surface area contributed by atoms with E-state index in [1.807, 2.05) is 48.5 Å². The van der Waals surface area contributed by atoms with Gasteiger partial charge in [0.2, 0.25) is 0 Å². The second-order valence-corrected chi connectivity index (χ2v) is 6.37. The number of likely N-dealkylation sites (tertiary alicyclic amines) is 1. The van der Waals surface area contributed by atoms with Gasteiger partial charge in [-0.1, -0.05) is 12.1 Å². The average Bonchev–Trinajstić information content (AvgIpc) is 3.33. The summed E-state index contributed by atoms with van der Waals surface area (Å²) in [4.78, 5) is 23.0. The monoisotopic (exact) mass is 336 g/mol. The van der Waals surface area contributed by atoms with Crippen LogP contribution in [0.25, 0.3) is 11.3 Å². The van der Waals surface area contributed by atoms with E-state index in [1.165, 1.54) is 6.39 Å². The molecule has 6 nitrogen and oxygen atoms in total. The van der Waals surface area contributed by atoms with E-state index in [4.69, 9.17) is 4.42 Å². The van der Waals surface area contributed by atoms with Crippen LogP contribution < -0.4 is 0 Å². The lowest BCUT2D eigenvalue weighted by Crippen LogP contribution is -2.40. The van der Waals surface area contributed by atoms with E-state index in [0.29, 0.717) is 17.4 Å². The Kier molecular flexibility index (Phi) is 4.09. The lowest BCUT2D eigenvalue weighted by atomic mass is 10.0. The number of amides is 1. The van der Waals surface area contributed by atoms with Crippen LogP contribution in [-0.2, 0) is 0 Å². The molecule has 4 rings (SSSR count). The third-order valence-corrected chi connectivity index (χ3v) is 4.79. The van der Waals surface area contributed by atoms with Crippen LogP contribution in [0.5, 0.6) is 0 Å². The van der Waals surface area contributed by atoms with E-state index >= 15 is 0 Å². The van der Waals surface area contributed by atoms with Crippen molar-refractivity contribution in [1.29, 1.82) is 0 Å². The summed E-state index contributed by atoms with van der Waals surface area (Å²) in [6, 6.07) is 7.80. The van der Waals surface area contributed by atoms with Gasteiger partial charge in [-0.2, -0.15) is 0 Å². The number of hydrogen-bond donors (Lipinski definition) is 0.